The van der Waals surface area contributed by atoms with Gasteiger partial charge in [-0.15, -0.1) is 11.3 Å². The average Bonchev–Trinajstić information content (AvgIpc) is 3.07. The van der Waals surface area contributed by atoms with E-state index in [1.807, 2.05) is 42.5 Å². The van der Waals surface area contributed by atoms with Gasteiger partial charge < -0.3 is 10.4 Å². The maximum absolute atomic E-state index is 12.4. The Morgan fingerprint density at radius 1 is 1.15 bits per heavy atom. The van der Waals surface area contributed by atoms with Crippen LogP contribution in [0.3, 0.4) is 0 Å². The van der Waals surface area contributed by atoms with Crippen LogP contribution >= 0.6 is 11.3 Å². The van der Waals surface area contributed by atoms with Gasteiger partial charge in [-0.05, 0) is 23.3 Å². The highest BCUT2D eigenvalue weighted by atomic mass is 32.1. The number of nitrogens with one attached hydrogen (secondary N) is 1. The number of rotatable bonds is 3. The van der Waals surface area contributed by atoms with E-state index in [0.29, 0.717) is 16.8 Å². The lowest BCUT2D eigenvalue weighted by Gasteiger charge is -2.24. The zero-order valence-corrected chi connectivity index (χ0v) is 14.9. The highest BCUT2D eigenvalue weighted by molar-refractivity contribution is 7.15. The van der Waals surface area contributed by atoms with Crippen molar-refractivity contribution in [3.8, 4) is 17.2 Å². The van der Waals surface area contributed by atoms with E-state index < -0.39 is 5.97 Å². The summed E-state index contributed by atoms with van der Waals surface area (Å²) in [5.41, 5.74) is 3.32. The molecule has 4 rings (SSSR count). The molecule has 3 aromatic rings. The second-order valence-corrected chi connectivity index (χ2v) is 7.31. The van der Waals surface area contributed by atoms with E-state index in [2.05, 4.69) is 11.4 Å². The van der Waals surface area contributed by atoms with E-state index in [-0.39, 0.29) is 23.1 Å². The Morgan fingerprint density at radius 2 is 1.85 bits per heavy atom. The molecular formula is C21H14N2O3S. The molecule has 2 heterocycles. The molecule has 6 heteroatoms. The molecule has 1 atom stereocenters. The standard InChI is InChI=1S/C21H14N2O3S/c22-11-12-6-8-13(9-7-12)15-10-16(24)23-18-17(14-4-2-1-3-5-14)20(21(25)26)27-19(15)18/h1-9,15H,10H2,(H,23,24)(H,25,26)/t15-/m0/s1. The van der Waals surface area contributed by atoms with E-state index in [0.717, 1.165) is 16.0 Å². The minimum atomic E-state index is -1.01. The molecule has 27 heavy (non-hydrogen) atoms. The van der Waals surface area contributed by atoms with Crippen molar-refractivity contribution in [3.63, 3.8) is 0 Å². The second-order valence-electron chi connectivity index (χ2n) is 6.26. The molecule has 0 saturated heterocycles. The third-order valence-electron chi connectivity index (χ3n) is 4.60. The lowest BCUT2D eigenvalue weighted by Crippen LogP contribution is -2.22. The number of carbonyl (C=O) groups excluding carboxylic acids is 1. The van der Waals surface area contributed by atoms with E-state index in [9.17, 15) is 14.7 Å². The van der Waals surface area contributed by atoms with E-state index in [1.165, 1.54) is 11.3 Å². The Kier molecular flexibility index (Phi) is 4.22. The molecule has 5 nitrogen and oxygen atoms in total. The number of nitriles is 1. The van der Waals surface area contributed by atoms with Crippen molar-refractivity contribution in [2.45, 2.75) is 12.3 Å². The number of anilines is 1. The predicted molar refractivity (Wildman–Crippen MR) is 103 cm³/mol. The van der Waals surface area contributed by atoms with Crippen molar-refractivity contribution in [1.29, 1.82) is 5.26 Å². The average molecular weight is 374 g/mol. The van der Waals surface area contributed by atoms with Gasteiger partial charge in [0.15, 0.2) is 0 Å². The summed E-state index contributed by atoms with van der Waals surface area (Å²) in [4.78, 5) is 25.3. The first-order chi connectivity index (χ1) is 13.1. The molecule has 2 aromatic carbocycles. The normalized spacial score (nSPS) is 15.5. The maximum atomic E-state index is 12.4. The van der Waals surface area contributed by atoms with Gasteiger partial charge in [0.25, 0.3) is 0 Å². The monoisotopic (exact) mass is 374 g/mol. The van der Waals surface area contributed by atoms with Crippen molar-refractivity contribution < 1.29 is 14.7 Å². The van der Waals surface area contributed by atoms with Crippen LogP contribution < -0.4 is 5.32 Å². The molecule has 0 spiro atoms. The summed E-state index contributed by atoms with van der Waals surface area (Å²) in [6, 6.07) is 18.4. The fourth-order valence-electron chi connectivity index (χ4n) is 3.38. The van der Waals surface area contributed by atoms with Crippen LogP contribution in [-0.2, 0) is 4.79 Å². The molecule has 1 aliphatic heterocycles. The van der Waals surface area contributed by atoms with E-state index in [1.54, 1.807) is 12.1 Å². The van der Waals surface area contributed by atoms with Crippen molar-refractivity contribution >= 4 is 28.9 Å². The lowest BCUT2D eigenvalue weighted by molar-refractivity contribution is -0.116. The SMILES string of the molecule is N#Cc1ccc([C@@H]2CC(=O)Nc3c2sc(C(=O)O)c3-c2ccccc2)cc1. The summed E-state index contributed by atoms with van der Waals surface area (Å²) in [5.74, 6) is -1.40. The van der Waals surface area contributed by atoms with Crippen molar-refractivity contribution in [1.82, 2.24) is 0 Å². The summed E-state index contributed by atoms with van der Waals surface area (Å²) in [6.07, 6.45) is 0.243. The van der Waals surface area contributed by atoms with Crippen LogP contribution in [0.4, 0.5) is 5.69 Å². The number of hydrogen-bond donors (Lipinski definition) is 2. The Labute approximate surface area is 159 Å². The molecule has 1 amide bonds. The fourth-order valence-corrected chi connectivity index (χ4v) is 4.62. The van der Waals surface area contributed by atoms with Gasteiger partial charge in [-0.2, -0.15) is 5.26 Å². The van der Waals surface area contributed by atoms with Crippen LogP contribution in [0.2, 0.25) is 0 Å². The van der Waals surface area contributed by atoms with Crippen molar-refractivity contribution in [2.75, 3.05) is 5.32 Å². The Morgan fingerprint density at radius 3 is 2.48 bits per heavy atom. The molecule has 0 bridgehead atoms. The van der Waals surface area contributed by atoms with Gasteiger partial charge in [-0.25, -0.2) is 4.79 Å². The number of thiophene rings is 1. The number of carbonyl (C=O) groups is 2. The number of fused-ring (bicyclic) bond motifs is 1. The minimum Gasteiger partial charge on any atom is -0.477 e. The zero-order valence-electron chi connectivity index (χ0n) is 14.1. The number of hydrogen-bond acceptors (Lipinski definition) is 4. The molecule has 0 unspecified atom stereocenters. The van der Waals surface area contributed by atoms with Crippen LogP contribution in [0.15, 0.2) is 54.6 Å². The molecule has 0 fully saturated rings. The maximum Gasteiger partial charge on any atom is 0.346 e. The summed E-state index contributed by atoms with van der Waals surface area (Å²) < 4.78 is 0. The highest BCUT2D eigenvalue weighted by Crippen LogP contribution is 2.49. The number of nitrogens with zero attached hydrogens (tertiary/aromatic N) is 1. The Bertz CT molecular complexity index is 1080. The van der Waals surface area contributed by atoms with Crippen LogP contribution in [0.1, 0.15) is 38.0 Å². The number of aromatic carboxylic acids is 1. The molecule has 1 aliphatic rings. The number of carboxylic acids is 1. The van der Waals surface area contributed by atoms with Gasteiger partial charge in [0.1, 0.15) is 4.88 Å². The Balaban J connectivity index is 1.91. The third-order valence-corrected chi connectivity index (χ3v) is 5.90. The summed E-state index contributed by atoms with van der Waals surface area (Å²) in [6.45, 7) is 0. The largest absolute Gasteiger partial charge is 0.477 e. The number of amides is 1. The topological polar surface area (TPSA) is 90.2 Å². The smallest absolute Gasteiger partial charge is 0.346 e. The third kappa shape index (κ3) is 2.98. The van der Waals surface area contributed by atoms with E-state index >= 15 is 0 Å². The van der Waals surface area contributed by atoms with Gasteiger partial charge in [0.05, 0.1) is 17.3 Å². The fraction of sp³-hybridized carbons (Fsp3) is 0.0952. The van der Waals surface area contributed by atoms with Crippen LogP contribution in [0, 0.1) is 11.3 Å². The highest BCUT2D eigenvalue weighted by Gasteiger charge is 2.34. The van der Waals surface area contributed by atoms with E-state index in [4.69, 9.17) is 5.26 Å². The molecule has 0 aliphatic carbocycles. The molecule has 1 aromatic heterocycles. The first kappa shape index (κ1) is 17.0. The quantitative estimate of drug-likeness (QED) is 0.708. The van der Waals surface area contributed by atoms with Gasteiger partial charge in [-0.1, -0.05) is 42.5 Å². The second kappa shape index (κ2) is 6.71. The number of benzene rings is 2. The van der Waals surface area contributed by atoms with Gasteiger partial charge in [0, 0.05) is 22.8 Å². The van der Waals surface area contributed by atoms with Crippen molar-refractivity contribution in [3.05, 3.63) is 75.5 Å². The van der Waals surface area contributed by atoms with Gasteiger partial charge in [0.2, 0.25) is 5.91 Å². The van der Waals surface area contributed by atoms with Crippen LogP contribution in [0.25, 0.3) is 11.1 Å². The summed E-state index contributed by atoms with van der Waals surface area (Å²) in [7, 11) is 0. The lowest BCUT2D eigenvalue weighted by atomic mass is 9.88. The van der Waals surface area contributed by atoms with Gasteiger partial charge in [-0.3, -0.25) is 4.79 Å². The molecular weight excluding hydrogens is 360 g/mol. The minimum absolute atomic E-state index is 0.149. The number of carboxylic acid groups (broad SMARTS) is 1. The summed E-state index contributed by atoms with van der Waals surface area (Å²) in [5, 5.41) is 21.6. The zero-order chi connectivity index (χ0) is 19.0. The van der Waals surface area contributed by atoms with Crippen LogP contribution in [-0.4, -0.2) is 17.0 Å². The molecule has 132 valence electrons. The van der Waals surface area contributed by atoms with Crippen LogP contribution in [0.5, 0.6) is 0 Å². The summed E-state index contributed by atoms with van der Waals surface area (Å²) >= 11 is 1.20. The van der Waals surface area contributed by atoms with Crippen molar-refractivity contribution in [2.24, 2.45) is 0 Å². The Hall–Kier alpha value is -3.43. The van der Waals surface area contributed by atoms with Gasteiger partial charge >= 0.3 is 5.97 Å². The molecule has 2 N–H and O–H groups in total. The molecule has 0 radical (unpaired) electrons. The molecule has 0 saturated carbocycles. The predicted octanol–water partition coefficient (Wildman–Crippen LogP) is 4.46. The first-order valence-electron chi connectivity index (χ1n) is 8.33. The first-order valence-corrected chi connectivity index (χ1v) is 9.15.